The highest BCUT2D eigenvalue weighted by Crippen LogP contribution is 2.30. The van der Waals surface area contributed by atoms with Crippen LogP contribution in [-0.4, -0.2) is 12.2 Å². The van der Waals surface area contributed by atoms with Crippen molar-refractivity contribution in [1.82, 2.24) is 0 Å². The predicted octanol–water partition coefficient (Wildman–Crippen LogP) is 3.95. The van der Waals surface area contributed by atoms with Crippen molar-refractivity contribution >= 4 is 0 Å². The first kappa shape index (κ1) is 12.3. The van der Waals surface area contributed by atoms with E-state index in [4.69, 9.17) is 4.74 Å². The molecule has 17 heavy (non-hydrogen) atoms. The van der Waals surface area contributed by atoms with E-state index in [0.29, 0.717) is 12.2 Å². The van der Waals surface area contributed by atoms with E-state index in [1.807, 2.05) is 0 Å². The lowest BCUT2D eigenvalue weighted by Gasteiger charge is -1.96. The Labute approximate surface area is 104 Å². The number of ether oxygens (including phenoxy) is 1. The van der Waals surface area contributed by atoms with Crippen molar-refractivity contribution in [2.45, 2.75) is 44.8 Å². The van der Waals surface area contributed by atoms with Crippen LogP contribution < -0.4 is 0 Å². The van der Waals surface area contributed by atoms with E-state index >= 15 is 0 Å². The molecule has 0 amide bonds. The molecule has 90 valence electrons. The third kappa shape index (κ3) is 4.27. The van der Waals surface area contributed by atoms with Crippen molar-refractivity contribution in [3.63, 3.8) is 0 Å². The number of unbranched alkanes of at least 4 members (excludes halogenated alkanes) is 2. The van der Waals surface area contributed by atoms with E-state index in [-0.39, 0.29) is 0 Å². The van der Waals surface area contributed by atoms with E-state index in [1.165, 1.54) is 24.8 Å². The molecule has 2 rings (SSSR count). The molecular formula is C16H21O+. The zero-order valence-electron chi connectivity index (χ0n) is 10.5. The highest BCUT2D eigenvalue weighted by atomic mass is 16.6. The summed E-state index contributed by atoms with van der Waals surface area (Å²) in [6.45, 7) is 2.05. The number of rotatable bonds is 7. The van der Waals surface area contributed by atoms with E-state index in [1.54, 1.807) is 0 Å². The van der Waals surface area contributed by atoms with Gasteiger partial charge in [0.2, 0.25) is 0 Å². The Morgan fingerprint density at radius 2 is 2.06 bits per heavy atom. The van der Waals surface area contributed by atoms with Crippen LogP contribution in [0, 0.1) is 6.42 Å². The molecule has 1 aromatic carbocycles. The summed E-state index contributed by atoms with van der Waals surface area (Å²) in [5.41, 5.74) is 1.39. The molecule has 1 fully saturated rings. The number of hydrogen-bond acceptors (Lipinski definition) is 1. The first-order valence-electron chi connectivity index (χ1n) is 6.54. The molecule has 0 spiro atoms. The van der Waals surface area contributed by atoms with E-state index in [0.717, 1.165) is 6.42 Å². The van der Waals surface area contributed by atoms with Crippen LogP contribution in [0.3, 0.4) is 0 Å². The average Bonchev–Trinajstić information content (AvgIpc) is 3.09. The second-order valence-corrected chi connectivity index (χ2v) is 4.60. The summed E-state index contributed by atoms with van der Waals surface area (Å²) in [4.78, 5) is 0. The Hall–Kier alpha value is -1.21. The van der Waals surface area contributed by atoms with Crippen LogP contribution in [0.1, 0.15) is 31.7 Å². The van der Waals surface area contributed by atoms with Gasteiger partial charge in [-0.2, -0.15) is 0 Å². The molecule has 0 radical (unpaired) electrons. The zero-order chi connectivity index (χ0) is 11.9. The van der Waals surface area contributed by atoms with Crippen molar-refractivity contribution in [3.05, 3.63) is 54.5 Å². The number of benzene rings is 1. The van der Waals surface area contributed by atoms with Crippen LogP contribution in [-0.2, 0) is 11.2 Å². The molecule has 0 saturated carbocycles. The predicted molar refractivity (Wildman–Crippen MR) is 71.8 cm³/mol. The molecule has 1 aliphatic heterocycles. The first-order chi connectivity index (χ1) is 8.40. The summed E-state index contributed by atoms with van der Waals surface area (Å²) in [5.74, 6) is 0. The maximum atomic E-state index is 5.70. The Kier molecular flexibility index (Phi) is 4.69. The largest absolute Gasteiger partial charge is 0.369 e. The van der Waals surface area contributed by atoms with Crippen molar-refractivity contribution in [2.75, 3.05) is 0 Å². The maximum Gasteiger partial charge on any atom is 0.0890 e. The van der Waals surface area contributed by atoms with Gasteiger partial charge in [0.1, 0.15) is 0 Å². The molecule has 1 aliphatic rings. The minimum atomic E-state index is 0.471. The van der Waals surface area contributed by atoms with E-state index in [2.05, 4.69) is 55.8 Å². The molecular weight excluding hydrogens is 208 g/mol. The summed E-state index contributed by atoms with van der Waals surface area (Å²) in [6, 6.07) is 10.6. The second-order valence-electron chi connectivity index (χ2n) is 4.60. The lowest BCUT2D eigenvalue weighted by Crippen LogP contribution is -1.98. The summed E-state index contributed by atoms with van der Waals surface area (Å²) < 4.78 is 5.70. The smallest absolute Gasteiger partial charge is 0.0890 e. The molecule has 0 unspecified atom stereocenters. The lowest BCUT2D eigenvalue weighted by atomic mass is 10.0. The fraction of sp³-hybridized carbons (Fsp3) is 0.438. The molecule has 0 aromatic heterocycles. The minimum absolute atomic E-state index is 0.471. The Bertz CT molecular complexity index is 342. The molecule has 1 heteroatoms. The topological polar surface area (TPSA) is 12.5 Å². The second kappa shape index (κ2) is 6.51. The first-order valence-corrected chi connectivity index (χ1v) is 6.54. The van der Waals surface area contributed by atoms with Gasteiger partial charge in [0.15, 0.2) is 0 Å². The third-order valence-electron chi connectivity index (χ3n) is 3.16. The van der Waals surface area contributed by atoms with Crippen LogP contribution >= 0.6 is 0 Å². The van der Waals surface area contributed by atoms with Crippen LogP contribution in [0.5, 0.6) is 0 Å². The SMILES string of the molecule is C/C=C/[CH+]CCC[C@H]1O[C@@H]1Cc1ccccc1. The van der Waals surface area contributed by atoms with Gasteiger partial charge in [0, 0.05) is 32.3 Å². The third-order valence-corrected chi connectivity index (χ3v) is 3.16. The van der Waals surface area contributed by atoms with E-state index < -0.39 is 0 Å². The highest BCUT2D eigenvalue weighted by molar-refractivity contribution is 5.17. The lowest BCUT2D eigenvalue weighted by molar-refractivity contribution is 0.359. The van der Waals surface area contributed by atoms with E-state index in [9.17, 15) is 0 Å². The molecule has 2 atom stereocenters. The summed E-state index contributed by atoms with van der Waals surface area (Å²) in [5, 5.41) is 0. The Morgan fingerprint density at radius 1 is 1.24 bits per heavy atom. The molecule has 0 bridgehead atoms. The normalized spacial score (nSPS) is 22.9. The highest BCUT2D eigenvalue weighted by Gasteiger charge is 2.37. The van der Waals surface area contributed by atoms with Gasteiger partial charge in [0.25, 0.3) is 0 Å². The fourth-order valence-electron chi connectivity index (χ4n) is 2.13. The summed E-state index contributed by atoms with van der Waals surface area (Å²) in [7, 11) is 0. The average molecular weight is 229 g/mol. The van der Waals surface area contributed by atoms with Crippen molar-refractivity contribution in [1.29, 1.82) is 0 Å². The van der Waals surface area contributed by atoms with Gasteiger partial charge in [-0.1, -0.05) is 30.3 Å². The maximum absolute atomic E-state index is 5.70. The van der Waals surface area contributed by atoms with Gasteiger partial charge in [-0.15, -0.1) is 0 Å². The number of epoxide rings is 1. The van der Waals surface area contributed by atoms with Crippen LogP contribution in [0.25, 0.3) is 0 Å². The van der Waals surface area contributed by atoms with Gasteiger partial charge in [-0.3, -0.25) is 0 Å². The molecule has 1 aromatic rings. The number of allylic oxidation sites excluding steroid dienone is 2. The van der Waals surface area contributed by atoms with Crippen molar-refractivity contribution in [3.8, 4) is 0 Å². The summed E-state index contributed by atoms with van der Waals surface area (Å²) in [6.07, 6.45) is 12.1. The van der Waals surface area contributed by atoms with Crippen molar-refractivity contribution < 1.29 is 4.74 Å². The zero-order valence-corrected chi connectivity index (χ0v) is 10.5. The van der Waals surface area contributed by atoms with Gasteiger partial charge in [-0.05, 0) is 18.4 Å². The minimum Gasteiger partial charge on any atom is -0.369 e. The van der Waals surface area contributed by atoms with Crippen LogP contribution in [0.15, 0.2) is 42.5 Å². The van der Waals surface area contributed by atoms with Crippen molar-refractivity contribution in [2.24, 2.45) is 0 Å². The van der Waals surface area contributed by atoms with Gasteiger partial charge in [-0.25, -0.2) is 0 Å². The monoisotopic (exact) mass is 229 g/mol. The molecule has 0 aliphatic carbocycles. The van der Waals surface area contributed by atoms with Gasteiger partial charge >= 0.3 is 0 Å². The Balaban J connectivity index is 1.58. The fourth-order valence-corrected chi connectivity index (χ4v) is 2.13. The quantitative estimate of drug-likeness (QED) is 0.392. The van der Waals surface area contributed by atoms with Gasteiger partial charge in [0.05, 0.1) is 18.3 Å². The number of hydrogen-bond donors (Lipinski definition) is 0. The summed E-state index contributed by atoms with van der Waals surface area (Å²) >= 11 is 0. The van der Waals surface area contributed by atoms with Gasteiger partial charge < -0.3 is 4.74 Å². The Morgan fingerprint density at radius 3 is 2.82 bits per heavy atom. The van der Waals surface area contributed by atoms with Crippen LogP contribution in [0.4, 0.5) is 0 Å². The molecule has 1 nitrogen and oxygen atoms in total. The standard InChI is InChI=1S/C16H21O/c1-2-3-4-5-9-12-15-16(17-15)13-14-10-7-6-8-11-14/h2-4,6-8,10-11,15-16H,5,9,12-13H2,1H3/q+1/b3-2+/t15-,16-/m1/s1. The molecule has 0 N–H and O–H groups in total. The van der Waals surface area contributed by atoms with Crippen LogP contribution in [0.2, 0.25) is 0 Å². The molecule has 1 saturated heterocycles. The molecule has 1 heterocycles.